The Hall–Kier alpha value is -3.06. The molecule has 0 spiro atoms. The summed E-state index contributed by atoms with van der Waals surface area (Å²) in [5.41, 5.74) is 4.50. The average Bonchev–Trinajstić information content (AvgIpc) is 3.01. The fraction of sp³-hybridized carbons (Fsp3) is 0.0435. The lowest BCUT2D eigenvalue weighted by Gasteiger charge is -1.96. The Morgan fingerprint density at radius 1 is 0.792 bits per heavy atom. The lowest BCUT2D eigenvalue weighted by molar-refractivity contribution is 1.13. The van der Waals surface area contributed by atoms with Crippen LogP contribution in [-0.4, -0.2) is 4.40 Å². The van der Waals surface area contributed by atoms with Crippen LogP contribution in [0.3, 0.4) is 0 Å². The van der Waals surface area contributed by atoms with Gasteiger partial charge in [-0.1, -0.05) is 81.5 Å². The van der Waals surface area contributed by atoms with E-state index in [9.17, 15) is 0 Å². The molecule has 0 aliphatic carbocycles. The van der Waals surface area contributed by atoms with Crippen molar-refractivity contribution in [3.8, 4) is 0 Å². The Morgan fingerprint density at radius 2 is 1.42 bits per heavy atom. The van der Waals surface area contributed by atoms with E-state index in [2.05, 4.69) is 50.3 Å². The summed E-state index contributed by atoms with van der Waals surface area (Å²) < 4.78 is 2.23. The van der Waals surface area contributed by atoms with Crippen molar-refractivity contribution in [1.82, 2.24) is 4.40 Å². The fourth-order valence-corrected chi connectivity index (χ4v) is 3.08. The van der Waals surface area contributed by atoms with Crippen molar-refractivity contribution in [3.63, 3.8) is 0 Å². The number of hydrogen-bond donors (Lipinski definition) is 0. The molecular formula is C23H23N. The molecule has 0 unspecified atom stereocenters. The summed E-state index contributed by atoms with van der Waals surface area (Å²) >= 11 is 0. The summed E-state index contributed by atoms with van der Waals surface area (Å²) in [5, 5.41) is 3.29. The minimum absolute atomic E-state index is 1.06. The lowest BCUT2D eigenvalue weighted by Crippen LogP contribution is -2.27. The lowest BCUT2D eigenvalue weighted by atomic mass is 10.1. The maximum atomic E-state index is 4.02. The molecule has 24 heavy (non-hydrogen) atoms. The van der Waals surface area contributed by atoms with Crippen molar-refractivity contribution >= 4 is 35.9 Å². The summed E-state index contributed by atoms with van der Waals surface area (Å²) in [4.78, 5) is 0. The number of aromatic nitrogens is 1. The SMILES string of the molecule is C=C/C=C\c1c(C)/c(=C/C=C)c2c(C=C)c(=C/C=C)/c(=C\C=C)n12. The van der Waals surface area contributed by atoms with Gasteiger partial charge in [-0.3, -0.25) is 0 Å². The van der Waals surface area contributed by atoms with E-state index in [1.807, 2.05) is 36.5 Å². The van der Waals surface area contributed by atoms with Crippen LogP contribution in [0.2, 0.25) is 0 Å². The standard InChI is InChI=1S/C23H23N/c1-7-12-16-21-17(6)19(13-8-2)23-18(11-5)20(14-9-3)22(15-10-4)24(21)23/h7-16H,1-5H2,6H3/b16-12-,19-13-,20-14-,22-15+. The van der Waals surface area contributed by atoms with Crippen molar-refractivity contribution in [2.24, 2.45) is 0 Å². The van der Waals surface area contributed by atoms with Crippen LogP contribution < -0.4 is 15.8 Å². The van der Waals surface area contributed by atoms with Crippen molar-refractivity contribution < 1.29 is 0 Å². The Bertz CT molecular complexity index is 1040. The molecule has 0 aromatic carbocycles. The van der Waals surface area contributed by atoms with Gasteiger partial charge in [-0.2, -0.15) is 0 Å². The second-order valence-corrected chi connectivity index (χ2v) is 5.33. The average molecular weight is 313 g/mol. The van der Waals surface area contributed by atoms with Gasteiger partial charge in [0.2, 0.25) is 0 Å². The van der Waals surface area contributed by atoms with E-state index in [1.54, 1.807) is 18.2 Å². The summed E-state index contributed by atoms with van der Waals surface area (Å²) in [6.07, 6.45) is 19.2. The monoisotopic (exact) mass is 313 g/mol. The molecule has 0 fully saturated rings. The summed E-state index contributed by atoms with van der Waals surface area (Å²) in [6, 6.07) is 0. The number of allylic oxidation sites excluding steroid dienone is 5. The first-order valence-corrected chi connectivity index (χ1v) is 7.82. The van der Waals surface area contributed by atoms with E-state index < -0.39 is 0 Å². The highest BCUT2D eigenvalue weighted by molar-refractivity contribution is 5.79. The maximum Gasteiger partial charge on any atom is 0.0616 e. The summed E-state index contributed by atoms with van der Waals surface area (Å²) in [6.45, 7) is 21.5. The highest BCUT2D eigenvalue weighted by Gasteiger charge is 2.15. The van der Waals surface area contributed by atoms with Crippen LogP contribution in [0, 0.1) is 6.92 Å². The molecule has 2 aromatic rings. The van der Waals surface area contributed by atoms with E-state index in [1.165, 1.54) is 5.56 Å². The topological polar surface area (TPSA) is 4.41 Å². The van der Waals surface area contributed by atoms with E-state index in [-0.39, 0.29) is 0 Å². The first-order chi connectivity index (χ1) is 11.7. The van der Waals surface area contributed by atoms with Crippen molar-refractivity contribution in [1.29, 1.82) is 0 Å². The maximum absolute atomic E-state index is 4.02. The highest BCUT2D eigenvalue weighted by atomic mass is 14.9. The van der Waals surface area contributed by atoms with Crippen LogP contribution in [0.1, 0.15) is 16.8 Å². The zero-order chi connectivity index (χ0) is 17.7. The van der Waals surface area contributed by atoms with Gasteiger partial charge in [-0.25, -0.2) is 0 Å². The Labute approximate surface area is 143 Å². The molecule has 0 radical (unpaired) electrons. The molecule has 0 saturated carbocycles. The van der Waals surface area contributed by atoms with Crippen LogP contribution >= 0.6 is 0 Å². The van der Waals surface area contributed by atoms with Gasteiger partial charge < -0.3 is 4.40 Å². The molecule has 0 aliphatic rings. The van der Waals surface area contributed by atoms with Crippen LogP contribution in [0.25, 0.3) is 35.9 Å². The third-order valence-corrected chi connectivity index (χ3v) is 4.01. The molecule has 2 aromatic heterocycles. The molecule has 0 amide bonds. The number of fused-ring (bicyclic) bond motifs is 1. The van der Waals surface area contributed by atoms with E-state index in [0.29, 0.717) is 0 Å². The van der Waals surface area contributed by atoms with Crippen molar-refractivity contribution in [3.05, 3.63) is 95.9 Å². The smallest absolute Gasteiger partial charge is 0.0616 e. The number of hydrogen-bond acceptors (Lipinski definition) is 0. The molecule has 0 atom stereocenters. The predicted molar refractivity (Wildman–Crippen MR) is 110 cm³/mol. The Morgan fingerprint density at radius 3 is 1.96 bits per heavy atom. The zero-order valence-electron chi connectivity index (χ0n) is 14.3. The number of nitrogens with zero attached hydrogens (tertiary/aromatic N) is 1. The van der Waals surface area contributed by atoms with Crippen molar-refractivity contribution in [2.45, 2.75) is 6.92 Å². The molecule has 1 nitrogen and oxygen atoms in total. The molecule has 2 heterocycles. The molecule has 1 heteroatoms. The third-order valence-electron chi connectivity index (χ3n) is 4.01. The molecule has 0 aliphatic heterocycles. The predicted octanol–water partition coefficient (Wildman–Crippen LogP) is 3.71. The van der Waals surface area contributed by atoms with Gasteiger partial charge in [0.1, 0.15) is 0 Å². The van der Waals surface area contributed by atoms with Gasteiger partial charge in [0.15, 0.2) is 0 Å². The molecule has 0 N–H and O–H groups in total. The Balaban J connectivity index is 3.34. The minimum Gasteiger partial charge on any atom is -0.308 e. The fourth-order valence-electron chi connectivity index (χ4n) is 3.08. The van der Waals surface area contributed by atoms with Crippen LogP contribution in [0.4, 0.5) is 0 Å². The van der Waals surface area contributed by atoms with Crippen LogP contribution in [-0.2, 0) is 0 Å². The van der Waals surface area contributed by atoms with Crippen LogP contribution in [0.5, 0.6) is 0 Å². The van der Waals surface area contributed by atoms with Gasteiger partial charge in [-0.15, -0.1) is 0 Å². The first kappa shape index (κ1) is 17.3. The first-order valence-electron chi connectivity index (χ1n) is 7.82. The van der Waals surface area contributed by atoms with Crippen molar-refractivity contribution in [2.75, 3.05) is 0 Å². The zero-order valence-corrected chi connectivity index (χ0v) is 14.3. The van der Waals surface area contributed by atoms with E-state index in [4.69, 9.17) is 0 Å². The van der Waals surface area contributed by atoms with Gasteiger partial charge in [0.05, 0.1) is 10.9 Å². The van der Waals surface area contributed by atoms with Gasteiger partial charge in [0.25, 0.3) is 0 Å². The largest absolute Gasteiger partial charge is 0.308 e. The van der Waals surface area contributed by atoms with E-state index in [0.717, 1.165) is 32.6 Å². The van der Waals surface area contributed by atoms with E-state index >= 15 is 0 Å². The normalized spacial score (nSPS) is 13.8. The molecule has 2 rings (SSSR count). The van der Waals surface area contributed by atoms with Crippen LogP contribution in [0.15, 0.2) is 63.3 Å². The van der Waals surface area contributed by atoms with Gasteiger partial charge in [0, 0.05) is 21.7 Å². The minimum atomic E-state index is 1.06. The highest BCUT2D eigenvalue weighted by Crippen LogP contribution is 2.14. The molecule has 0 bridgehead atoms. The molecule has 0 saturated heterocycles. The summed E-state index contributed by atoms with van der Waals surface area (Å²) in [7, 11) is 0. The second-order valence-electron chi connectivity index (χ2n) is 5.33. The number of rotatable bonds is 6. The Kier molecular flexibility index (Phi) is 5.39. The third kappa shape index (κ3) is 2.65. The quantitative estimate of drug-likeness (QED) is 0.716. The molecular weight excluding hydrogens is 290 g/mol. The van der Waals surface area contributed by atoms with Gasteiger partial charge >= 0.3 is 0 Å². The molecule has 120 valence electrons. The second kappa shape index (κ2) is 7.47. The van der Waals surface area contributed by atoms with Gasteiger partial charge in [-0.05, 0) is 24.6 Å². The summed E-state index contributed by atoms with van der Waals surface area (Å²) in [5.74, 6) is 0.